The summed E-state index contributed by atoms with van der Waals surface area (Å²) in [5, 5.41) is 0. The summed E-state index contributed by atoms with van der Waals surface area (Å²) in [5.41, 5.74) is 0. The lowest BCUT2D eigenvalue weighted by Gasteiger charge is -2.18. The Labute approximate surface area is 75.6 Å². The SMILES string of the molecule is Br.CCCCC(C)N(C)C. The van der Waals surface area contributed by atoms with Crippen LogP contribution in [0.1, 0.15) is 33.1 Å². The minimum atomic E-state index is 0. The highest BCUT2D eigenvalue weighted by atomic mass is 79.9. The summed E-state index contributed by atoms with van der Waals surface area (Å²) in [7, 11) is 4.28. The summed E-state index contributed by atoms with van der Waals surface area (Å²) in [5.74, 6) is 0. The van der Waals surface area contributed by atoms with Crippen molar-refractivity contribution in [3.8, 4) is 0 Å². The molecule has 0 N–H and O–H groups in total. The molecule has 0 saturated heterocycles. The molecule has 0 rings (SSSR count). The van der Waals surface area contributed by atoms with Crippen LogP contribution in [-0.4, -0.2) is 25.0 Å². The maximum Gasteiger partial charge on any atom is 0.00608 e. The minimum absolute atomic E-state index is 0. The van der Waals surface area contributed by atoms with Gasteiger partial charge in [0.2, 0.25) is 0 Å². The molecule has 1 atom stereocenters. The summed E-state index contributed by atoms with van der Waals surface area (Å²) in [6.07, 6.45) is 4.01. The van der Waals surface area contributed by atoms with Gasteiger partial charge in [-0.15, -0.1) is 17.0 Å². The molecule has 0 amide bonds. The molecule has 2 heteroatoms. The largest absolute Gasteiger partial charge is 0.307 e. The molecule has 0 saturated carbocycles. The van der Waals surface area contributed by atoms with Crippen molar-refractivity contribution < 1.29 is 0 Å². The highest BCUT2D eigenvalue weighted by Gasteiger charge is 2.01. The molecule has 0 spiro atoms. The predicted molar refractivity (Wildman–Crippen MR) is 53.0 cm³/mol. The molecule has 0 aromatic heterocycles. The number of hydrogen-bond donors (Lipinski definition) is 0. The van der Waals surface area contributed by atoms with Crippen molar-refractivity contribution >= 4 is 17.0 Å². The minimum Gasteiger partial charge on any atom is -0.307 e. The number of hydrogen-bond acceptors (Lipinski definition) is 1. The molecule has 0 fully saturated rings. The number of unbranched alkanes of at least 4 members (excludes halogenated alkanes) is 1. The predicted octanol–water partition coefficient (Wildman–Crippen LogP) is 2.70. The molecule has 64 valence electrons. The lowest BCUT2D eigenvalue weighted by molar-refractivity contribution is 0.293. The lowest BCUT2D eigenvalue weighted by atomic mass is 10.1. The maximum atomic E-state index is 2.27. The topological polar surface area (TPSA) is 3.24 Å². The molecule has 0 radical (unpaired) electrons. The van der Waals surface area contributed by atoms with Crippen LogP contribution in [0, 0.1) is 0 Å². The van der Waals surface area contributed by atoms with Gasteiger partial charge in [-0.2, -0.15) is 0 Å². The van der Waals surface area contributed by atoms with Crippen molar-refractivity contribution in [3.05, 3.63) is 0 Å². The Bertz CT molecular complexity index is 64.3. The van der Waals surface area contributed by atoms with Crippen LogP contribution in [0.25, 0.3) is 0 Å². The van der Waals surface area contributed by atoms with E-state index < -0.39 is 0 Å². The van der Waals surface area contributed by atoms with E-state index in [4.69, 9.17) is 0 Å². The number of nitrogens with zero attached hydrogens (tertiary/aromatic N) is 1. The van der Waals surface area contributed by atoms with Crippen LogP contribution < -0.4 is 0 Å². The Balaban J connectivity index is 0. The van der Waals surface area contributed by atoms with E-state index in [0.717, 1.165) is 6.04 Å². The van der Waals surface area contributed by atoms with Gasteiger partial charge < -0.3 is 4.90 Å². The van der Waals surface area contributed by atoms with E-state index in [1.807, 2.05) is 0 Å². The Morgan fingerprint density at radius 1 is 1.30 bits per heavy atom. The molecule has 0 aliphatic rings. The van der Waals surface area contributed by atoms with Gasteiger partial charge in [0.25, 0.3) is 0 Å². The van der Waals surface area contributed by atoms with Crippen molar-refractivity contribution in [2.45, 2.75) is 39.2 Å². The number of halogens is 1. The van der Waals surface area contributed by atoms with Gasteiger partial charge in [0, 0.05) is 6.04 Å². The molecule has 0 aliphatic carbocycles. The van der Waals surface area contributed by atoms with Crippen LogP contribution in [-0.2, 0) is 0 Å². The Morgan fingerprint density at radius 3 is 2.10 bits per heavy atom. The molecule has 0 aliphatic heterocycles. The lowest BCUT2D eigenvalue weighted by Crippen LogP contribution is -2.24. The highest BCUT2D eigenvalue weighted by Crippen LogP contribution is 2.03. The molecule has 1 nitrogen and oxygen atoms in total. The first-order valence-corrected chi connectivity index (χ1v) is 3.85. The van der Waals surface area contributed by atoms with E-state index >= 15 is 0 Å². The van der Waals surface area contributed by atoms with Crippen molar-refractivity contribution in [1.82, 2.24) is 4.90 Å². The molecule has 0 aromatic carbocycles. The van der Waals surface area contributed by atoms with Crippen molar-refractivity contribution in [2.24, 2.45) is 0 Å². The fourth-order valence-corrected chi connectivity index (χ4v) is 0.758. The van der Waals surface area contributed by atoms with Gasteiger partial charge in [-0.05, 0) is 27.4 Å². The zero-order chi connectivity index (χ0) is 7.28. The third kappa shape index (κ3) is 6.56. The Hall–Kier alpha value is 0.440. The van der Waals surface area contributed by atoms with Gasteiger partial charge in [0.1, 0.15) is 0 Å². The van der Waals surface area contributed by atoms with Gasteiger partial charge in [-0.1, -0.05) is 19.8 Å². The summed E-state index contributed by atoms with van der Waals surface area (Å²) >= 11 is 0. The van der Waals surface area contributed by atoms with Gasteiger partial charge in [0.15, 0.2) is 0 Å². The van der Waals surface area contributed by atoms with E-state index in [0.29, 0.717) is 0 Å². The second kappa shape index (κ2) is 7.55. The first-order valence-electron chi connectivity index (χ1n) is 3.85. The Kier molecular flexibility index (Phi) is 9.86. The average molecular weight is 210 g/mol. The van der Waals surface area contributed by atoms with Crippen LogP contribution in [0.15, 0.2) is 0 Å². The van der Waals surface area contributed by atoms with Gasteiger partial charge in [0.05, 0.1) is 0 Å². The normalized spacial score (nSPS) is 12.9. The first kappa shape index (κ1) is 13.1. The monoisotopic (exact) mass is 209 g/mol. The van der Waals surface area contributed by atoms with Crippen LogP contribution in [0.2, 0.25) is 0 Å². The molecule has 0 bridgehead atoms. The second-order valence-electron chi connectivity index (χ2n) is 2.95. The molecular weight excluding hydrogens is 190 g/mol. The summed E-state index contributed by atoms with van der Waals surface area (Å²) in [6, 6.07) is 0.755. The summed E-state index contributed by atoms with van der Waals surface area (Å²) < 4.78 is 0. The molecule has 1 unspecified atom stereocenters. The Morgan fingerprint density at radius 2 is 1.80 bits per heavy atom. The standard InChI is InChI=1S/C8H19N.BrH/c1-5-6-7-8(2)9(3)4;/h8H,5-7H2,1-4H3;1H. The fraction of sp³-hybridized carbons (Fsp3) is 1.00. The molecular formula is C8H20BrN. The maximum absolute atomic E-state index is 2.27. The summed E-state index contributed by atoms with van der Waals surface area (Å²) in [6.45, 7) is 4.51. The van der Waals surface area contributed by atoms with Crippen molar-refractivity contribution in [1.29, 1.82) is 0 Å². The van der Waals surface area contributed by atoms with Crippen LogP contribution in [0.3, 0.4) is 0 Å². The zero-order valence-corrected chi connectivity index (χ0v) is 9.27. The highest BCUT2D eigenvalue weighted by molar-refractivity contribution is 8.93. The number of rotatable bonds is 4. The molecule has 0 heterocycles. The smallest absolute Gasteiger partial charge is 0.00608 e. The van der Waals surface area contributed by atoms with Gasteiger partial charge in [-0.3, -0.25) is 0 Å². The van der Waals surface area contributed by atoms with E-state index in [9.17, 15) is 0 Å². The zero-order valence-electron chi connectivity index (χ0n) is 7.55. The van der Waals surface area contributed by atoms with Crippen molar-refractivity contribution in [2.75, 3.05) is 14.1 Å². The third-order valence-corrected chi connectivity index (χ3v) is 1.86. The van der Waals surface area contributed by atoms with Gasteiger partial charge in [-0.25, -0.2) is 0 Å². The quantitative estimate of drug-likeness (QED) is 0.689. The molecule has 0 aromatic rings. The fourth-order valence-electron chi connectivity index (χ4n) is 0.758. The third-order valence-electron chi connectivity index (χ3n) is 1.86. The van der Waals surface area contributed by atoms with Gasteiger partial charge >= 0.3 is 0 Å². The first-order chi connectivity index (χ1) is 4.18. The van der Waals surface area contributed by atoms with Crippen LogP contribution >= 0.6 is 17.0 Å². The van der Waals surface area contributed by atoms with Crippen LogP contribution in [0.4, 0.5) is 0 Å². The second-order valence-corrected chi connectivity index (χ2v) is 2.95. The summed E-state index contributed by atoms with van der Waals surface area (Å²) in [4.78, 5) is 2.27. The van der Waals surface area contributed by atoms with Crippen molar-refractivity contribution in [3.63, 3.8) is 0 Å². The van der Waals surface area contributed by atoms with E-state index in [-0.39, 0.29) is 17.0 Å². The van der Waals surface area contributed by atoms with Crippen LogP contribution in [0.5, 0.6) is 0 Å². The van der Waals surface area contributed by atoms with E-state index in [1.165, 1.54) is 19.3 Å². The van der Waals surface area contributed by atoms with E-state index in [1.54, 1.807) is 0 Å². The average Bonchev–Trinajstić information content (AvgIpc) is 1.82. The molecule has 10 heavy (non-hydrogen) atoms. The van der Waals surface area contributed by atoms with E-state index in [2.05, 4.69) is 32.8 Å².